The highest BCUT2D eigenvalue weighted by molar-refractivity contribution is 6.12. The van der Waals surface area contributed by atoms with E-state index in [2.05, 4.69) is 20.8 Å². The van der Waals surface area contributed by atoms with Crippen molar-refractivity contribution < 1.29 is 24.1 Å². The Labute approximate surface area is 313 Å². The fraction of sp³-hybridized carbons (Fsp3) is 0.717. The number of carbonyl (C=O) groups is 1. The largest absolute Gasteiger partial charge is 0.507 e. The summed E-state index contributed by atoms with van der Waals surface area (Å²) in [7, 11) is 0. The van der Waals surface area contributed by atoms with Crippen LogP contribution in [0.2, 0.25) is 0 Å². The van der Waals surface area contributed by atoms with E-state index in [1.807, 2.05) is 12.1 Å². The number of hydrogen-bond donors (Lipinski definition) is 1. The summed E-state index contributed by atoms with van der Waals surface area (Å²) in [6, 6.07) is 10.5. The van der Waals surface area contributed by atoms with Crippen molar-refractivity contribution in [1.82, 2.24) is 0 Å². The Morgan fingerprint density at radius 3 is 1.16 bits per heavy atom. The molecule has 0 heterocycles. The maximum Gasteiger partial charge on any atom is 0.200 e. The van der Waals surface area contributed by atoms with Gasteiger partial charge >= 0.3 is 0 Å². The molecule has 0 fully saturated rings. The van der Waals surface area contributed by atoms with Crippen molar-refractivity contribution in [1.29, 1.82) is 0 Å². The van der Waals surface area contributed by atoms with Gasteiger partial charge in [0.2, 0.25) is 0 Å². The van der Waals surface area contributed by atoms with Crippen molar-refractivity contribution >= 4 is 5.78 Å². The van der Waals surface area contributed by atoms with Crippen molar-refractivity contribution in [2.45, 2.75) is 194 Å². The zero-order chi connectivity index (χ0) is 36.6. The van der Waals surface area contributed by atoms with Crippen molar-refractivity contribution in [3.63, 3.8) is 0 Å². The van der Waals surface area contributed by atoms with Gasteiger partial charge in [0, 0.05) is 12.1 Å². The highest BCUT2D eigenvalue weighted by Crippen LogP contribution is 2.32. The first-order valence-corrected chi connectivity index (χ1v) is 21.5. The standard InChI is InChI=1S/C46H76O5/c1-4-7-10-13-16-19-22-25-28-35-49-40-31-33-42(44(47)38-40)46(48)43-34-32-41(50-36-29-26-23-20-17-14-11-8-5-2)39-45(43)51-37-30-27-24-21-18-15-12-9-6-3/h31-34,38-39,47H,4-30,35-37H2,1-3H3. The van der Waals surface area contributed by atoms with Gasteiger partial charge in [0.25, 0.3) is 0 Å². The molecule has 2 rings (SSSR count). The van der Waals surface area contributed by atoms with Crippen LogP contribution in [-0.4, -0.2) is 30.7 Å². The summed E-state index contributed by atoms with van der Waals surface area (Å²) in [4.78, 5) is 13.8. The van der Waals surface area contributed by atoms with Crippen LogP contribution in [0, 0.1) is 0 Å². The summed E-state index contributed by atoms with van der Waals surface area (Å²) in [5.74, 6) is 1.50. The van der Waals surface area contributed by atoms with E-state index in [4.69, 9.17) is 14.2 Å². The van der Waals surface area contributed by atoms with E-state index < -0.39 is 0 Å². The molecule has 2 aromatic rings. The first-order chi connectivity index (χ1) is 25.1. The molecule has 0 radical (unpaired) electrons. The first-order valence-electron chi connectivity index (χ1n) is 21.5. The molecule has 0 aliphatic carbocycles. The van der Waals surface area contributed by atoms with Gasteiger partial charge in [-0.3, -0.25) is 4.79 Å². The second kappa shape index (κ2) is 30.9. The number of ketones is 1. The van der Waals surface area contributed by atoms with Gasteiger partial charge in [0.05, 0.1) is 30.9 Å². The lowest BCUT2D eigenvalue weighted by molar-refractivity contribution is 0.103. The van der Waals surface area contributed by atoms with E-state index in [0.29, 0.717) is 36.9 Å². The Balaban J connectivity index is 1.89. The Morgan fingerprint density at radius 2 is 0.765 bits per heavy atom. The fourth-order valence-corrected chi connectivity index (χ4v) is 6.64. The Morgan fingerprint density at radius 1 is 0.431 bits per heavy atom. The molecule has 290 valence electrons. The van der Waals surface area contributed by atoms with Gasteiger partial charge in [0.15, 0.2) is 5.78 Å². The molecule has 0 aliphatic rings. The Hall–Kier alpha value is -2.69. The molecule has 51 heavy (non-hydrogen) atoms. The van der Waals surface area contributed by atoms with Crippen molar-refractivity contribution in [3.8, 4) is 23.0 Å². The lowest BCUT2D eigenvalue weighted by Crippen LogP contribution is -2.08. The molecule has 0 aromatic heterocycles. The van der Waals surface area contributed by atoms with Crippen molar-refractivity contribution in [2.75, 3.05) is 19.8 Å². The second-order valence-corrected chi connectivity index (χ2v) is 14.7. The summed E-state index contributed by atoms with van der Waals surface area (Å²) in [5.41, 5.74) is 0.696. The number of aromatic hydroxyl groups is 1. The molecule has 5 heteroatoms. The molecule has 0 saturated carbocycles. The maximum atomic E-state index is 13.8. The molecule has 0 bridgehead atoms. The summed E-state index contributed by atoms with van der Waals surface area (Å²) in [5, 5.41) is 10.9. The Bertz CT molecular complexity index is 1130. The van der Waals surface area contributed by atoms with E-state index in [0.717, 1.165) is 37.9 Å². The zero-order valence-corrected chi connectivity index (χ0v) is 33.3. The van der Waals surface area contributed by atoms with Crippen LogP contribution in [0.5, 0.6) is 23.0 Å². The van der Waals surface area contributed by atoms with Crippen LogP contribution in [0.3, 0.4) is 0 Å². The minimum absolute atomic E-state index is 0.0693. The maximum absolute atomic E-state index is 13.8. The molecular weight excluding hydrogens is 633 g/mol. The van der Waals surface area contributed by atoms with Gasteiger partial charge in [-0.2, -0.15) is 0 Å². The number of rotatable bonds is 35. The highest BCUT2D eigenvalue weighted by atomic mass is 16.5. The average molecular weight is 709 g/mol. The minimum atomic E-state index is -0.259. The quantitative estimate of drug-likeness (QED) is 0.0570. The second-order valence-electron chi connectivity index (χ2n) is 14.7. The van der Waals surface area contributed by atoms with Crippen LogP contribution in [0.4, 0.5) is 0 Å². The average Bonchev–Trinajstić information content (AvgIpc) is 3.14. The number of unbranched alkanes of at least 4 members (excludes halogenated alkanes) is 24. The Kier molecular flexibility index (Phi) is 26.9. The number of ether oxygens (including phenoxy) is 3. The monoisotopic (exact) mass is 709 g/mol. The third kappa shape index (κ3) is 21.4. The van der Waals surface area contributed by atoms with Crippen molar-refractivity contribution in [2.24, 2.45) is 0 Å². The summed E-state index contributed by atoms with van der Waals surface area (Å²) in [6.45, 7) is 8.59. The lowest BCUT2D eigenvalue weighted by atomic mass is 10.0. The van der Waals surface area contributed by atoms with E-state index in [-0.39, 0.29) is 17.1 Å². The molecule has 5 nitrogen and oxygen atoms in total. The van der Waals surface area contributed by atoms with Crippen LogP contribution in [0.1, 0.15) is 210 Å². The van der Waals surface area contributed by atoms with Crippen LogP contribution in [-0.2, 0) is 0 Å². The SMILES string of the molecule is CCCCCCCCCCCOc1ccc(C(=O)c2ccc(OCCCCCCCCCCC)cc2OCCCCCCCCCCC)c(O)c1. The molecular formula is C46H76O5. The molecule has 1 N–H and O–H groups in total. The van der Waals surface area contributed by atoms with Gasteiger partial charge in [-0.1, -0.05) is 175 Å². The lowest BCUT2D eigenvalue weighted by Gasteiger charge is -2.15. The number of hydrogen-bond acceptors (Lipinski definition) is 5. The number of carbonyl (C=O) groups excluding carboxylic acids is 1. The van der Waals surface area contributed by atoms with Crippen molar-refractivity contribution in [3.05, 3.63) is 47.5 Å². The number of benzene rings is 2. The predicted molar refractivity (Wildman–Crippen MR) is 216 cm³/mol. The van der Waals surface area contributed by atoms with Gasteiger partial charge in [0.1, 0.15) is 23.0 Å². The van der Waals surface area contributed by atoms with Crippen LogP contribution >= 0.6 is 0 Å². The number of phenolic OH excluding ortho intramolecular Hbond substituents is 1. The fourth-order valence-electron chi connectivity index (χ4n) is 6.64. The van der Waals surface area contributed by atoms with E-state index in [9.17, 15) is 9.90 Å². The topological polar surface area (TPSA) is 65.0 Å². The van der Waals surface area contributed by atoms with E-state index in [1.165, 1.54) is 141 Å². The van der Waals surface area contributed by atoms with Gasteiger partial charge < -0.3 is 19.3 Å². The molecule has 0 saturated heterocycles. The summed E-state index contributed by atoms with van der Waals surface area (Å²) in [6.07, 6.45) is 33.9. The zero-order valence-electron chi connectivity index (χ0n) is 33.3. The van der Waals surface area contributed by atoms with Crippen LogP contribution < -0.4 is 14.2 Å². The van der Waals surface area contributed by atoms with Crippen LogP contribution in [0.25, 0.3) is 0 Å². The molecule has 0 amide bonds. The first kappa shape index (κ1) is 44.5. The van der Waals surface area contributed by atoms with Crippen LogP contribution in [0.15, 0.2) is 36.4 Å². The summed E-state index contributed by atoms with van der Waals surface area (Å²) >= 11 is 0. The molecule has 2 aromatic carbocycles. The van der Waals surface area contributed by atoms with Gasteiger partial charge in [-0.05, 0) is 43.5 Å². The third-order valence-electron chi connectivity index (χ3n) is 9.95. The molecule has 0 spiro atoms. The smallest absolute Gasteiger partial charge is 0.200 e. The minimum Gasteiger partial charge on any atom is -0.507 e. The number of phenols is 1. The van der Waals surface area contributed by atoms with Gasteiger partial charge in [-0.25, -0.2) is 0 Å². The third-order valence-corrected chi connectivity index (χ3v) is 9.95. The van der Waals surface area contributed by atoms with Gasteiger partial charge in [-0.15, -0.1) is 0 Å². The summed E-state index contributed by atoms with van der Waals surface area (Å²) < 4.78 is 18.3. The molecule has 0 aliphatic heterocycles. The molecule has 0 unspecified atom stereocenters. The predicted octanol–water partition coefficient (Wildman–Crippen LogP) is 14.4. The highest BCUT2D eigenvalue weighted by Gasteiger charge is 2.20. The normalized spacial score (nSPS) is 11.2. The van der Waals surface area contributed by atoms with E-state index >= 15 is 0 Å². The molecule has 0 atom stereocenters. The van der Waals surface area contributed by atoms with E-state index in [1.54, 1.807) is 24.3 Å².